The molecule has 0 spiro atoms. The van der Waals surface area contributed by atoms with E-state index in [2.05, 4.69) is 15.6 Å². The van der Waals surface area contributed by atoms with Gasteiger partial charge in [0.2, 0.25) is 11.8 Å². The molecule has 0 aliphatic carbocycles. The van der Waals surface area contributed by atoms with Crippen molar-refractivity contribution in [3.05, 3.63) is 40.9 Å². The first-order valence-electron chi connectivity index (χ1n) is 8.51. The molecule has 2 amide bonds. The van der Waals surface area contributed by atoms with Crippen molar-refractivity contribution in [1.29, 1.82) is 0 Å². The Kier molecular flexibility index (Phi) is 6.64. The van der Waals surface area contributed by atoms with Crippen LogP contribution >= 0.6 is 0 Å². The minimum atomic E-state index is -1.13. The maximum Gasteiger partial charge on any atom is 0.326 e. The maximum atomic E-state index is 12.3. The minimum absolute atomic E-state index is 0.0910. The maximum absolute atomic E-state index is 12.3. The number of benzene rings is 1. The molecule has 1 atom stereocenters. The molecule has 0 saturated heterocycles. The van der Waals surface area contributed by atoms with Crippen molar-refractivity contribution in [3.63, 3.8) is 0 Å². The summed E-state index contributed by atoms with van der Waals surface area (Å²) in [7, 11) is 0. The van der Waals surface area contributed by atoms with Gasteiger partial charge in [0, 0.05) is 0 Å². The predicted molar refractivity (Wildman–Crippen MR) is 98.0 cm³/mol. The Balaban J connectivity index is 1.92. The number of nitrogens with zero attached hydrogens (tertiary/aromatic N) is 2. The van der Waals surface area contributed by atoms with Crippen molar-refractivity contribution < 1.29 is 19.5 Å². The predicted octanol–water partition coefficient (Wildman–Crippen LogP) is 0.128. The van der Waals surface area contributed by atoms with Crippen LogP contribution in [0.3, 0.4) is 0 Å². The van der Waals surface area contributed by atoms with E-state index < -0.39 is 23.8 Å². The van der Waals surface area contributed by atoms with E-state index in [-0.39, 0.29) is 31.0 Å². The van der Waals surface area contributed by atoms with Crippen LogP contribution in [0.25, 0.3) is 10.9 Å². The zero-order valence-corrected chi connectivity index (χ0v) is 15.1. The number of aromatic nitrogens is 2. The van der Waals surface area contributed by atoms with Crippen molar-refractivity contribution >= 4 is 28.7 Å². The Labute approximate surface area is 155 Å². The average molecular weight is 374 g/mol. The Morgan fingerprint density at radius 1 is 1.19 bits per heavy atom. The van der Waals surface area contributed by atoms with Crippen LogP contribution in [0.5, 0.6) is 0 Å². The van der Waals surface area contributed by atoms with Gasteiger partial charge in [-0.05, 0) is 24.5 Å². The molecule has 2 rings (SSSR count). The fraction of sp³-hybridized carbons (Fsp3) is 0.389. The molecule has 2 aromatic rings. The summed E-state index contributed by atoms with van der Waals surface area (Å²) in [5.41, 5.74) is 0.173. The number of hydrogen-bond acceptors (Lipinski definition) is 5. The standard InChI is InChI=1S/C18H22N4O5/c1-11(2)7-14(18(26)27)21-15(23)8-19-16(24)9-22-10-20-13-6-4-3-5-12(13)17(22)25/h3-6,10-11,14H,7-9H2,1-2H3,(H,19,24)(H,21,23)(H,26,27)/t14-/m0/s1. The van der Waals surface area contributed by atoms with Gasteiger partial charge in [0.15, 0.2) is 0 Å². The van der Waals surface area contributed by atoms with Crippen LogP contribution in [-0.4, -0.2) is 45.0 Å². The van der Waals surface area contributed by atoms with E-state index in [0.29, 0.717) is 10.9 Å². The fourth-order valence-electron chi connectivity index (χ4n) is 2.55. The molecule has 0 fully saturated rings. The van der Waals surface area contributed by atoms with Gasteiger partial charge in [-0.2, -0.15) is 0 Å². The number of hydrogen-bond donors (Lipinski definition) is 3. The van der Waals surface area contributed by atoms with Gasteiger partial charge in [0.1, 0.15) is 12.6 Å². The largest absolute Gasteiger partial charge is 0.480 e. The normalized spacial score (nSPS) is 12.0. The number of carboxylic acid groups (broad SMARTS) is 1. The summed E-state index contributed by atoms with van der Waals surface area (Å²) < 4.78 is 1.15. The van der Waals surface area contributed by atoms with Crippen LogP contribution in [0.1, 0.15) is 20.3 Å². The van der Waals surface area contributed by atoms with E-state index in [1.54, 1.807) is 24.3 Å². The van der Waals surface area contributed by atoms with E-state index in [9.17, 15) is 19.2 Å². The average Bonchev–Trinajstić information content (AvgIpc) is 2.61. The molecule has 27 heavy (non-hydrogen) atoms. The molecule has 0 saturated carbocycles. The fourth-order valence-corrected chi connectivity index (χ4v) is 2.55. The van der Waals surface area contributed by atoms with Crippen LogP contribution < -0.4 is 16.2 Å². The zero-order valence-electron chi connectivity index (χ0n) is 15.1. The third kappa shape index (κ3) is 5.63. The zero-order chi connectivity index (χ0) is 20.0. The minimum Gasteiger partial charge on any atom is -0.480 e. The molecule has 144 valence electrons. The number of carbonyl (C=O) groups is 3. The molecule has 1 heterocycles. The Bertz CT molecular complexity index is 906. The first-order valence-corrected chi connectivity index (χ1v) is 8.51. The summed E-state index contributed by atoms with van der Waals surface area (Å²) in [6.07, 6.45) is 1.56. The van der Waals surface area contributed by atoms with Crippen LogP contribution in [-0.2, 0) is 20.9 Å². The third-order valence-electron chi connectivity index (χ3n) is 3.83. The molecule has 9 heteroatoms. The van der Waals surface area contributed by atoms with Crippen molar-refractivity contribution in [2.45, 2.75) is 32.9 Å². The van der Waals surface area contributed by atoms with Crippen molar-refractivity contribution in [1.82, 2.24) is 20.2 Å². The molecule has 0 radical (unpaired) electrons. The molecule has 9 nitrogen and oxygen atoms in total. The number of fused-ring (bicyclic) bond motifs is 1. The number of amides is 2. The van der Waals surface area contributed by atoms with E-state index in [1.165, 1.54) is 6.33 Å². The first kappa shape index (κ1) is 20.1. The summed E-state index contributed by atoms with van der Waals surface area (Å²) in [5, 5.41) is 14.2. The molecular formula is C18H22N4O5. The lowest BCUT2D eigenvalue weighted by atomic mass is 10.0. The van der Waals surface area contributed by atoms with E-state index in [4.69, 9.17) is 5.11 Å². The van der Waals surface area contributed by atoms with Gasteiger partial charge in [-0.25, -0.2) is 9.78 Å². The monoisotopic (exact) mass is 374 g/mol. The van der Waals surface area contributed by atoms with Gasteiger partial charge in [0.25, 0.3) is 5.56 Å². The summed E-state index contributed by atoms with van der Waals surface area (Å²) in [5.74, 6) is -2.20. The van der Waals surface area contributed by atoms with E-state index in [0.717, 1.165) is 4.57 Å². The van der Waals surface area contributed by atoms with Crippen LogP contribution in [0.4, 0.5) is 0 Å². The summed E-state index contributed by atoms with van der Waals surface area (Å²) in [6.45, 7) is 3.02. The number of carboxylic acids is 1. The number of para-hydroxylation sites is 1. The molecule has 0 bridgehead atoms. The molecular weight excluding hydrogens is 352 g/mol. The second kappa shape index (κ2) is 8.93. The van der Waals surface area contributed by atoms with Gasteiger partial charge in [-0.1, -0.05) is 26.0 Å². The summed E-state index contributed by atoms with van der Waals surface area (Å²) in [6, 6.07) is 5.76. The van der Waals surface area contributed by atoms with Crippen LogP contribution in [0, 0.1) is 5.92 Å². The summed E-state index contributed by atoms with van der Waals surface area (Å²) >= 11 is 0. The number of rotatable bonds is 8. The lowest BCUT2D eigenvalue weighted by Gasteiger charge is -2.16. The Morgan fingerprint density at radius 2 is 1.89 bits per heavy atom. The van der Waals surface area contributed by atoms with Gasteiger partial charge in [-0.3, -0.25) is 19.0 Å². The smallest absolute Gasteiger partial charge is 0.326 e. The Morgan fingerprint density at radius 3 is 2.56 bits per heavy atom. The third-order valence-corrected chi connectivity index (χ3v) is 3.83. The highest BCUT2D eigenvalue weighted by molar-refractivity contribution is 5.88. The number of carbonyl (C=O) groups excluding carboxylic acids is 2. The highest BCUT2D eigenvalue weighted by atomic mass is 16.4. The second-order valence-corrected chi connectivity index (χ2v) is 6.56. The van der Waals surface area contributed by atoms with E-state index >= 15 is 0 Å². The lowest BCUT2D eigenvalue weighted by molar-refractivity contribution is -0.142. The Hall–Kier alpha value is -3.23. The number of aliphatic carboxylic acids is 1. The molecule has 0 aliphatic rings. The van der Waals surface area contributed by atoms with Gasteiger partial charge in [0.05, 0.1) is 23.8 Å². The topological polar surface area (TPSA) is 130 Å². The van der Waals surface area contributed by atoms with Crippen LogP contribution in [0.2, 0.25) is 0 Å². The van der Waals surface area contributed by atoms with Crippen molar-refractivity contribution in [2.75, 3.05) is 6.54 Å². The summed E-state index contributed by atoms with van der Waals surface area (Å²) in [4.78, 5) is 51.5. The molecule has 1 aromatic carbocycles. The van der Waals surface area contributed by atoms with Gasteiger partial charge >= 0.3 is 5.97 Å². The highest BCUT2D eigenvalue weighted by Crippen LogP contribution is 2.05. The molecule has 0 unspecified atom stereocenters. The highest BCUT2D eigenvalue weighted by Gasteiger charge is 2.21. The quantitative estimate of drug-likeness (QED) is 0.602. The van der Waals surface area contributed by atoms with Crippen molar-refractivity contribution in [3.8, 4) is 0 Å². The van der Waals surface area contributed by atoms with Crippen molar-refractivity contribution in [2.24, 2.45) is 5.92 Å². The van der Waals surface area contributed by atoms with E-state index in [1.807, 2.05) is 13.8 Å². The molecule has 0 aliphatic heterocycles. The number of nitrogens with one attached hydrogen (secondary N) is 2. The van der Waals surface area contributed by atoms with Gasteiger partial charge < -0.3 is 15.7 Å². The second-order valence-electron chi connectivity index (χ2n) is 6.56. The van der Waals surface area contributed by atoms with Gasteiger partial charge in [-0.15, -0.1) is 0 Å². The first-order chi connectivity index (χ1) is 12.8. The molecule has 1 aromatic heterocycles. The molecule has 3 N–H and O–H groups in total. The van der Waals surface area contributed by atoms with Crippen LogP contribution in [0.15, 0.2) is 35.4 Å². The SMILES string of the molecule is CC(C)C[C@H](NC(=O)CNC(=O)Cn1cnc2ccccc2c1=O)C(=O)O. The lowest BCUT2D eigenvalue weighted by Crippen LogP contribution is -2.46.